The predicted octanol–water partition coefficient (Wildman–Crippen LogP) is 0.378. The standard InChI is InChI=1S/C7H14N2O.ClH/c1-6(10)5-9-4-2-3-7(9)8;/h7H,2-5,8H2,1H3;1H. The van der Waals surface area contributed by atoms with E-state index in [9.17, 15) is 4.79 Å². The van der Waals surface area contributed by atoms with E-state index >= 15 is 0 Å². The van der Waals surface area contributed by atoms with Gasteiger partial charge in [-0.1, -0.05) is 0 Å². The summed E-state index contributed by atoms with van der Waals surface area (Å²) >= 11 is 0. The van der Waals surface area contributed by atoms with Gasteiger partial charge in [0.2, 0.25) is 0 Å². The monoisotopic (exact) mass is 178 g/mol. The first-order chi connectivity index (χ1) is 4.70. The lowest BCUT2D eigenvalue weighted by atomic mass is 10.3. The second-order valence-electron chi connectivity index (χ2n) is 2.88. The fourth-order valence-corrected chi connectivity index (χ4v) is 1.33. The van der Waals surface area contributed by atoms with Gasteiger partial charge in [0.25, 0.3) is 0 Å². The second kappa shape index (κ2) is 4.70. The van der Waals surface area contributed by atoms with Gasteiger partial charge in [0, 0.05) is 6.54 Å². The molecule has 1 saturated heterocycles. The highest BCUT2D eigenvalue weighted by Gasteiger charge is 2.20. The van der Waals surface area contributed by atoms with Gasteiger partial charge in [-0.3, -0.25) is 9.69 Å². The van der Waals surface area contributed by atoms with Crippen LogP contribution < -0.4 is 5.73 Å². The Morgan fingerprint density at radius 3 is 2.73 bits per heavy atom. The van der Waals surface area contributed by atoms with E-state index in [0.29, 0.717) is 6.54 Å². The molecule has 66 valence electrons. The van der Waals surface area contributed by atoms with Crippen molar-refractivity contribution >= 4 is 18.2 Å². The number of hydrogen-bond acceptors (Lipinski definition) is 3. The number of carbonyl (C=O) groups excluding carboxylic acids is 1. The Kier molecular flexibility index (Phi) is 4.65. The smallest absolute Gasteiger partial charge is 0.143 e. The molecule has 3 nitrogen and oxygen atoms in total. The van der Waals surface area contributed by atoms with E-state index < -0.39 is 0 Å². The number of hydrogen-bond donors (Lipinski definition) is 1. The van der Waals surface area contributed by atoms with E-state index in [1.807, 2.05) is 4.90 Å². The fourth-order valence-electron chi connectivity index (χ4n) is 1.33. The molecule has 1 atom stereocenters. The van der Waals surface area contributed by atoms with Gasteiger partial charge < -0.3 is 5.73 Å². The van der Waals surface area contributed by atoms with Crippen LogP contribution in [0.2, 0.25) is 0 Å². The van der Waals surface area contributed by atoms with Crippen LogP contribution in [0.15, 0.2) is 0 Å². The maximum absolute atomic E-state index is 10.6. The van der Waals surface area contributed by atoms with Gasteiger partial charge in [-0.15, -0.1) is 12.4 Å². The molecule has 0 aromatic carbocycles. The summed E-state index contributed by atoms with van der Waals surface area (Å²) < 4.78 is 0. The minimum atomic E-state index is 0. The molecule has 1 unspecified atom stereocenters. The molecule has 0 bridgehead atoms. The van der Waals surface area contributed by atoms with Crippen LogP contribution >= 0.6 is 12.4 Å². The predicted molar refractivity (Wildman–Crippen MR) is 46.7 cm³/mol. The Morgan fingerprint density at radius 1 is 1.73 bits per heavy atom. The summed E-state index contributed by atoms with van der Waals surface area (Å²) in [7, 11) is 0. The Bertz CT molecular complexity index is 140. The zero-order chi connectivity index (χ0) is 7.56. The largest absolute Gasteiger partial charge is 0.316 e. The van der Waals surface area contributed by atoms with Gasteiger partial charge in [-0.25, -0.2) is 0 Å². The molecule has 0 spiro atoms. The number of nitrogens with zero attached hydrogens (tertiary/aromatic N) is 1. The summed E-state index contributed by atoms with van der Waals surface area (Å²) in [4.78, 5) is 12.7. The molecule has 0 saturated carbocycles. The van der Waals surface area contributed by atoms with E-state index in [2.05, 4.69) is 0 Å². The Balaban J connectivity index is 0.000001000. The van der Waals surface area contributed by atoms with Crippen molar-refractivity contribution in [2.24, 2.45) is 5.73 Å². The topological polar surface area (TPSA) is 46.3 Å². The van der Waals surface area contributed by atoms with Gasteiger partial charge in [0.1, 0.15) is 5.78 Å². The first-order valence-electron chi connectivity index (χ1n) is 3.69. The van der Waals surface area contributed by atoms with Crippen molar-refractivity contribution in [1.82, 2.24) is 4.90 Å². The number of Topliss-reactive ketones (excluding diaryl/α,β-unsaturated/α-hetero) is 1. The summed E-state index contributed by atoms with van der Waals surface area (Å²) in [6.45, 7) is 3.12. The van der Waals surface area contributed by atoms with Crippen LogP contribution in [-0.2, 0) is 4.79 Å². The highest BCUT2D eigenvalue weighted by atomic mass is 35.5. The van der Waals surface area contributed by atoms with Gasteiger partial charge in [-0.2, -0.15) is 0 Å². The molecule has 2 N–H and O–H groups in total. The highest BCUT2D eigenvalue weighted by molar-refractivity contribution is 5.85. The molecule has 0 radical (unpaired) electrons. The molecule has 0 aromatic heterocycles. The quantitative estimate of drug-likeness (QED) is 0.665. The summed E-state index contributed by atoms with van der Waals surface area (Å²) in [5.41, 5.74) is 5.70. The highest BCUT2D eigenvalue weighted by Crippen LogP contribution is 2.11. The molecular formula is C7H15ClN2O. The first kappa shape index (κ1) is 10.9. The van der Waals surface area contributed by atoms with Crippen molar-refractivity contribution in [3.63, 3.8) is 0 Å². The van der Waals surface area contributed by atoms with Crippen LogP contribution in [0, 0.1) is 0 Å². The number of rotatable bonds is 2. The van der Waals surface area contributed by atoms with Crippen molar-refractivity contribution in [2.45, 2.75) is 25.9 Å². The lowest BCUT2D eigenvalue weighted by molar-refractivity contribution is -0.118. The fraction of sp³-hybridized carbons (Fsp3) is 0.857. The summed E-state index contributed by atoms with van der Waals surface area (Å²) in [5.74, 6) is 0.206. The molecule has 0 amide bonds. The molecule has 0 aromatic rings. The van der Waals surface area contributed by atoms with E-state index in [-0.39, 0.29) is 24.4 Å². The maximum atomic E-state index is 10.6. The molecule has 1 aliphatic heterocycles. The second-order valence-corrected chi connectivity index (χ2v) is 2.88. The van der Waals surface area contributed by atoms with Crippen molar-refractivity contribution in [3.8, 4) is 0 Å². The summed E-state index contributed by atoms with van der Waals surface area (Å²) in [6.07, 6.45) is 2.30. The van der Waals surface area contributed by atoms with Crippen LogP contribution in [0.5, 0.6) is 0 Å². The maximum Gasteiger partial charge on any atom is 0.143 e. The SMILES string of the molecule is CC(=O)CN1CCCC1N.Cl. The van der Waals surface area contributed by atoms with E-state index in [4.69, 9.17) is 5.73 Å². The lowest BCUT2D eigenvalue weighted by Crippen LogP contribution is -2.39. The minimum absolute atomic E-state index is 0. The third-order valence-corrected chi connectivity index (χ3v) is 1.84. The van der Waals surface area contributed by atoms with Crippen molar-refractivity contribution in [2.75, 3.05) is 13.1 Å². The van der Waals surface area contributed by atoms with Gasteiger partial charge in [0.15, 0.2) is 0 Å². The zero-order valence-corrected chi connectivity index (χ0v) is 7.56. The van der Waals surface area contributed by atoms with E-state index in [0.717, 1.165) is 19.4 Å². The number of halogens is 1. The number of ketones is 1. The average Bonchev–Trinajstić information content (AvgIpc) is 2.15. The number of likely N-dealkylation sites (tertiary alicyclic amines) is 1. The van der Waals surface area contributed by atoms with E-state index in [1.54, 1.807) is 6.92 Å². The Morgan fingerprint density at radius 2 is 2.36 bits per heavy atom. The Labute approximate surface area is 73.3 Å². The van der Waals surface area contributed by atoms with Crippen LogP contribution in [0.4, 0.5) is 0 Å². The van der Waals surface area contributed by atoms with Crippen molar-refractivity contribution in [1.29, 1.82) is 0 Å². The van der Waals surface area contributed by atoms with Crippen LogP contribution in [-0.4, -0.2) is 29.9 Å². The molecule has 1 heterocycles. The molecule has 1 fully saturated rings. The van der Waals surface area contributed by atoms with Crippen molar-refractivity contribution in [3.05, 3.63) is 0 Å². The minimum Gasteiger partial charge on any atom is -0.316 e. The third-order valence-electron chi connectivity index (χ3n) is 1.84. The normalized spacial score (nSPS) is 24.7. The van der Waals surface area contributed by atoms with Gasteiger partial charge >= 0.3 is 0 Å². The summed E-state index contributed by atoms with van der Waals surface area (Å²) in [6, 6.07) is 0. The van der Waals surface area contributed by atoms with Crippen LogP contribution in [0.3, 0.4) is 0 Å². The molecule has 11 heavy (non-hydrogen) atoms. The molecule has 1 aliphatic rings. The molecule has 0 aliphatic carbocycles. The number of carbonyl (C=O) groups is 1. The number of nitrogens with two attached hydrogens (primary N) is 1. The van der Waals surface area contributed by atoms with Gasteiger partial charge in [-0.05, 0) is 19.8 Å². The molecular weight excluding hydrogens is 164 g/mol. The Hall–Kier alpha value is -0.120. The molecule has 4 heteroatoms. The van der Waals surface area contributed by atoms with E-state index in [1.165, 1.54) is 0 Å². The first-order valence-corrected chi connectivity index (χ1v) is 3.69. The molecule has 1 rings (SSSR count). The van der Waals surface area contributed by atoms with Crippen molar-refractivity contribution < 1.29 is 4.79 Å². The zero-order valence-electron chi connectivity index (χ0n) is 6.75. The van der Waals surface area contributed by atoms with Crippen LogP contribution in [0.25, 0.3) is 0 Å². The van der Waals surface area contributed by atoms with Crippen LogP contribution in [0.1, 0.15) is 19.8 Å². The lowest BCUT2D eigenvalue weighted by Gasteiger charge is -2.18. The average molecular weight is 179 g/mol. The third kappa shape index (κ3) is 3.18. The van der Waals surface area contributed by atoms with Gasteiger partial charge in [0.05, 0.1) is 12.7 Å². The summed E-state index contributed by atoms with van der Waals surface area (Å²) in [5, 5.41) is 0.